The number of nitrogens with zero attached hydrogens (tertiary/aromatic N) is 2. The Morgan fingerprint density at radius 3 is 3.00 bits per heavy atom. The van der Waals surface area contributed by atoms with E-state index in [1.54, 1.807) is 17.1 Å². The first-order valence-corrected chi connectivity index (χ1v) is 6.81. The van der Waals surface area contributed by atoms with Gasteiger partial charge in [-0.2, -0.15) is 5.10 Å². The number of amides is 1. The molecule has 2 aliphatic rings. The Hall–Kier alpha value is -1.89. The zero-order chi connectivity index (χ0) is 14.1. The summed E-state index contributed by atoms with van der Waals surface area (Å²) in [4.78, 5) is 22.5. The van der Waals surface area contributed by atoms with E-state index in [0.29, 0.717) is 18.7 Å². The number of aliphatic carboxylic acids is 1. The predicted octanol–water partition coefficient (Wildman–Crippen LogP) is 0.721. The van der Waals surface area contributed by atoms with Crippen molar-refractivity contribution in [3.05, 3.63) is 12.4 Å². The van der Waals surface area contributed by atoms with Crippen molar-refractivity contribution in [3.8, 4) is 0 Å². The standard InChI is InChI=1S/C13H17N3O4/c17-12(10-4-11(10)13(18)19)15-8-5-14-16(6-8)7-9-2-1-3-20-9/h5-6,9-11H,1-4,7H2,(H,15,17)(H,18,19)/t9?,10-,11+/m1/s1. The molecule has 1 saturated heterocycles. The first-order valence-electron chi connectivity index (χ1n) is 6.81. The highest BCUT2D eigenvalue weighted by atomic mass is 16.5. The van der Waals surface area contributed by atoms with Crippen LogP contribution in [0.4, 0.5) is 5.69 Å². The van der Waals surface area contributed by atoms with Gasteiger partial charge >= 0.3 is 5.97 Å². The molecule has 1 saturated carbocycles. The van der Waals surface area contributed by atoms with Crippen LogP contribution < -0.4 is 5.32 Å². The third-order valence-corrected chi connectivity index (χ3v) is 3.76. The monoisotopic (exact) mass is 279 g/mol. The molecule has 0 radical (unpaired) electrons. The topological polar surface area (TPSA) is 93.5 Å². The van der Waals surface area contributed by atoms with Crippen LogP contribution in [0.15, 0.2) is 12.4 Å². The summed E-state index contributed by atoms with van der Waals surface area (Å²) in [6.07, 6.45) is 6.05. The zero-order valence-corrected chi connectivity index (χ0v) is 11.0. The molecule has 1 aliphatic carbocycles. The number of ether oxygens (including phenoxy) is 1. The van der Waals surface area contributed by atoms with Crippen LogP contribution in [0.3, 0.4) is 0 Å². The van der Waals surface area contributed by atoms with E-state index in [1.165, 1.54) is 0 Å². The summed E-state index contributed by atoms with van der Waals surface area (Å²) in [5, 5.41) is 15.7. The third kappa shape index (κ3) is 2.82. The van der Waals surface area contributed by atoms with E-state index in [1.807, 2.05) is 0 Å². The number of carboxylic acid groups (broad SMARTS) is 1. The summed E-state index contributed by atoms with van der Waals surface area (Å²) >= 11 is 0. The lowest BCUT2D eigenvalue weighted by molar-refractivity contribution is -0.139. The van der Waals surface area contributed by atoms with E-state index in [9.17, 15) is 9.59 Å². The Kier molecular flexibility index (Phi) is 3.43. The second kappa shape index (κ2) is 5.24. The largest absolute Gasteiger partial charge is 0.481 e. The molecule has 1 amide bonds. The Bertz CT molecular complexity index is 521. The van der Waals surface area contributed by atoms with Crippen molar-refractivity contribution in [2.45, 2.75) is 31.9 Å². The van der Waals surface area contributed by atoms with Gasteiger partial charge in [-0.15, -0.1) is 0 Å². The predicted molar refractivity (Wildman–Crippen MR) is 69.1 cm³/mol. The maximum absolute atomic E-state index is 11.8. The molecule has 1 aliphatic heterocycles. The molecule has 2 N–H and O–H groups in total. The van der Waals surface area contributed by atoms with Crippen LogP contribution in [0, 0.1) is 11.8 Å². The highest BCUT2D eigenvalue weighted by molar-refractivity contribution is 5.98. The summed E-state index contributed by atoms with van der Waals surface area (Å²) in [7, 11) is 0. The van der Waals surface area contributed by atoms with Crippen molar-refractivity contribution < 1.29 is 19.4 Å². The summed E-state index contributed by atoms with van der Waals surface area (Å²) in [6, 6.07) is 0. The summed E-state index contributed by atoms with van der Waals surface area (Å²) < 4.78 is 7.27. The van der Waals surface area contributed by atoms with Gasteiger partial charge in [0.1, 0.15) is 0 Å². The summed E-state index contributed by atoms with van der Waals surface area (Å²) in [5.74, 6) is -2.08. The van der Waals surface area contributed by atoms with E-state index < -0.39 is 17.8 Å². The van der Waals surface area contributed by atoms with Gasteiger partial charge in [0.05, 0.1) is 36.4 Å². The number of anilines is 1. The molecule has 3 atom stereocenters. The number of carbonyl (C=O) groups is 2. The molecular formula is C13H17N3O4. The lowest BCUT2D eigenvalue weighted by Gasteiger charge is -2.08. The van der Waals surface area contributed by atoms with Crippen molar-refractivity contribution in [1.82, 2.24) is 9.78 Å². The maximum atomic E-state index is 11.8. The molecule has 1 unspecified atom stereocenters. The first kappa shape index (κ1) is 13.1. The average Bonchev–Trinajstić information content (AvgIpc) is 2.86. The van der Waals surface area contributed by atoms with Crippen molar-refractivity contribution in [3.63, 3.8) is 0 Å². The fraction of sp³-hybridized carbons (Fsp3) is 0.615. The van der Waals surface area contributed by atoms with Gasteiger partial charge in [-0.1, -0.05) is 0 Å². The van der Waals surface area contributed by atoms with Crippen LogP contribution in [0.2, 0.25) is 0 Å². The van der Waals surface area contributed by atoms with Crippen LogP contribution in [0.5, 0.6) is 0 Å². The fourth-order valence-electron chi connectivity index (χ4n) is 2.52. The van der Waals surface area contributed by atoms with Gasteiger partial charge in [-0.3, -0.25) is 14.3 Å². The van der Waals surface area contributed by atoms with E-state index >= 15 is 0 Å². The Balaban J connectivity index is 1.52. The maximum Gasteiger partial charge on any atom is 0.307 e. The molecule has 1 aromatic rings. The summed E-state index contributed by atoms with van der Waals surface area (Å²) in [6.45, 7) is 1.48. The summed E-state index contributed by atoms with van der Waals surface area (Å²) in [5.41, 5.74) is 0.601. The number of carboxylic acids is 1. The number of rotatable bonds is 5. The lowest BCUT2D eigenvalue weighted by atomic mass is 10.2. The molecule has 108 valence electrons. The van der Waals surface area contributed by atoms with E-state index in [2.05, 4.69) is 10.4 Å². The third-order valence-electron chi connectivity index (χ3n) is 3.76. The molecule has 0 bridgehead atoms. The van der Waals surface area contributed by atoms with Crippen LogP contribution >= 0.6 is 0 Å². The van der Waals surface area contributed by atoms with Gasteiger partial charge in [0.2, 0.25) is 5.91 Å². The van der Waals surface area contributed by atoms with Gasteiger partial charge in [-0.25, -0.2) is 0 Å². The minimum Gasteiger partial charge on any atom is -0.481 e. The highest BCUT2D eigenvalue weighted by Gasteiger charge is 2.48. The SMILES string of the molecule is O=C(O)[C@H]1C[C@H]1C(=O)Nc1cnn(CC2CCCO2)c1. The molecule has 2 heterocycles. The van der Waals surface area contributed by atoms with Crippen molar-refractivity contribution in [1.29, 1.82) is 0 Å². The molecule has 1 aromatic heterocycles. The molecule has 3 rings (SSSR count). The molecule has 2 fully saturated rings. The molecule has 7 heteroatoms. The molecule has 0 aromatic carbocycles. The van der Waals surface area contributed by atoms with Crippen LogP contribution in [-0.4, -0.2) is 39.5 Å². The van der Waals surface area contributed by atoms with Crippen LogP contribution in [0.1, 0.15) is 19.3 Å². The number of carbonyl (C=O) groups excluding carboxylic acids is 1. The lowest BCUT2D eigenvalue weighted by Crippen LogP contribution is -2.17. The number of aromatic nitrogens is 2. The minimum absolute atomic E-state index is 0.193. The second-order valence-electron chi connectivity index (χ2n) is 5.36. The second-order valence-corrected chi connectivity index (χ2v) is 5.36. The zero-order valence-electron chi connectivity index (χ0n) is 11.0. The molecule has 7 nitrogen and oxygen atoms in total. The van der Waals surface area contributed by atoms with E-state index in [-0.39, 0.29) is 12.0 Å². The van der Waals surface area contributed by atoms with Crippen molar-refractivity contribution >= 4 is 17.6 Å². The van der Waals surface area contributed by atoms with Crippen LogP contribution in [-0.2, 0) is 20.9 Å². The van der Waals surface area contributed by atoms with E-state index in [4.69, 9.17) is 9.84 Å². The number of nitrogens with one attached hydrogen (secondary N) is 1. The first-order chi connectivity index (χ1) is 9.63. The smallest absolute Gasteiger partial charge is 0.307 e. The minimum atomic E-state index is -0.903. The quantitative estimate of drug-likeness (QED) is 0.828. The Labute approximate surface area is 115 Å². The highest BCUT2D eigenvalue weighted by Crippen LogP contribution is 2.39. The van der Waals surface area contributed by atoms with Gasteiger partial charge in [0.25, 0.3) is 0 Å². The van der Waals surface area contributed by atoms with E-state index in [0.717, 1.165) is 19.4 Å². The average molecular weight is 279 g/mol. The molecular weight excluding hydrogens is 262 g/mol. The van der Waals surface area contributed by atoms with Crippen molar-refractivity contribution in [2.24, 2.45) is 11.8 Å². The Morgan fingerprint density at radius 1 is 1.50 bits per heavy atom. The molecule has 20 heavy (non-hydrogen) atoms. The Morgan fingerprint density at radius 2 is 2.35 bits per heavy atom. The van der Waals surface area contributed by atoms with Crippen molar-refractivity contribution in [2.75, 3.05) is 11.9 Å². The normalized spacial score (nSPS) is 28.3. The number of hydrogen-bond acceptors (Lipinski definition) is 4. The van der Waals surface area contributed by atoms with Gasteiger partial charge in [-0.05, 0) is 19.3 Å². The van der Waals surface area contributed by atoms with Gasteiger partial charge in [0.15, 0.2) is 0 Å². The molecule has 0 spiro atoms. The van der Waals surface area contributed by atoms with Crippen LogP contribution in [0.25, 0.3) is 0 Å². The van der Waals surface area contributed by atoms with Gasteiger partial charge in [0, 0.05) is 12.8 Å². The number of hydrogen-bond donors (Lipinski definition) is 2. The van der Waals surface area contributed by atoms with Gasteiger partial charge < -0.3 is 15.2 Å². The fourth-order valence-corrected chi connectivity index (χ4v) is 2.52.